The fourth-order valence-corrected chi connectivity index (χ4v) is 1.48. The number of carbonyl (C=O) groups is 2. The zero-order chi connectivity index (χ0) is 15.1. The van der Waals surface area contributed by atoms with E-state index in [0.717, 1.165) is 6.08 Å². The van der Waals surface area contributed by atoms with Crippen molar-refractivity contribution in [1.29, 1.82) is 0 Å². The first-order chi connectivity index (χ1) is 9.42. The van der Waals surface area contributed by atoms with Crippen LogP contribution in [0.25, 0.3) is 6.08 Å². The lowest BCUT2D eigenvalue weighted by Gasteiger charge is -2.04. The molecule has 5 heteroatoms. The molecule has 0 amide bonds. The highest BCUT2D eigenvalue weighted by molar-refractivity contribution is 5.94. The highest BCUT2D eigenvalue weighted by Gasteiger charge is 2.09. The van der Waals surface area contributed by atoms with Gasteiger partial charge in [-0.25, -0.2) is 4.79 Å². The molecule has 0 aromatic heterocycles. The third kappa shape index (κ3) is 5.14. The molecule has 0 unspecified atom stereocenters. The molecular weight excluding hydrogens is 260 g/mol. The third-order valence-corrected chi connectivity index (χ3v) is 2.40. The van der Waals surface area contributed by atoms with Crippen molar-refractivity contribution in [3.8, 4) is 11.5 Å². The van der Waals surface area contributed by atoms with Crippen LogP contribution in [0, 0.1) is 5.92 Å². The van der Waals surface area contributed by atoms with E-state index in [1.54, 1.807) is 12.1 Å². The molecule has 1 N–H and O–H groups in total. The van der Waals surface area contributed by atoms with Crippen molar-refractivity contribution in [2.24, 2.45) is 5.92 Å². The predicted molar refractivity (Wildman–Crippen MR) is 74.2 cm³/mol. The Kier molecular flexibility index (Phi) is 5.77. The molecule has 0 bridgehead atoms. The van der Waals surface area contributed by atoms with E-state index < -0.39 is 11.9 Å². The van der Waals surface area contributed by atoms with Gasteiger partial charge in [0.25, 0.3) is 0 Å². The Bertz CT molecular complexity index is 517. The lowest BCUT2D eigenvalue weighted by molar-refractivity contribution is -0.156. The smallest absolute Gasteiger partial charge is 0.338 e. The van der Waals surface area contributed by atoms with E-state index in [2.05, 4.69) is 4.74 Å². The number of benzene rings is 1. The predicted octanol–water partition coefficient (Wildman–Crippen LogP) is 2.53. The number of ether oxygens (including phenoxy) is 2. The van der Waals surface area contributed by atoms with Crippen LogP contribution in [-0.2, 0) is 14.3 Å². The Morgan fingerprint density at radius 3 is 2.65 bits per heavy atom. The van der Waals surface area contributed by atoms with E-state index in [0.29, 0.717) is 11.3 Å². The fourth-order valence-electron chi connectivity index (χ4n) is 1.48. The summed E-state index contributed by atoms with van der Waals surface area (Å²) in [6.07, 6.45) is 2.84. The van der Waals surface area contributed by atoms with Crippen LogP contribution in [0.2, 0.25) is 0 Å². The second-order valence-electron chi connectivity index (χ2n) is 4.66. The monoisotopic (exact) mass is 278 g/mol. The van der Waals surface area contributed by atoms with Crippen molar-refractivity contribution in [2.45, 2.75) is 20.3 Å². The maximum atomic E-state index is 11.4. The standard InChI is InChI=1S/C15H18O5/c1-10(2)8-15(18)20-14(17)7-5-11-4-6-12(16)13(9-11)19-3/h4-7,9-10,16H,8H2,1-3H3. The van der Waals surface area contributed by atoms with Crippen LogP contribution in [-0.4, -0.2) is 24.2 Å². The summed E-state index contributed by atoms with van der Waals surface area (Å²) in [5.41, 5.74) is 0.646. The lowest BCUT2D eigenvalue weighted by Crippen LogP contribution is -2.11. The number of rotatable bonds is 5. The molecule has 1 aromatic rings. The molecule has 1 aromatic carbocycles. The number of esters is 2. The van der Waals surface area contributed by atoms with Gasteiger partial charge >= 0.3 is 11.9 Å². The highest BCUT2D eigenvalue weighted by Crippen LogP contribution is 2.26. The number of phenolic OH excluding ortho intramolecular Hbond substituents is 1. The largest absolute Gasteiger partial charge is 0.504 e. The second-order valence-corrected chi connectivity index (χ2v) is 4.66. The average molecular weight is 278 g/mol. The van der Waals surface area contributed by atoms with E-state index in [4.69, 9.17) is 4.74 Å². The Labute approximate surface area is 117 Å². The van der Waals surface area contributed by atoms with Crippen LogP contribution < -0.4 is 4.74 Å². The number of carbonyl (C=O) groups excluding carboxylic acids is 2. The van der Waals surface area contributed by atoms with Gasteiger partial charge in [-0.15, -0.1) is 0 Å². The number of hydrogen-bond acceptors (Lipinski definition) is 5. The Hall–Kier alpha value is -2.30. The highest BCUT2D eigenvalue weighted by atomic mass is 16.6. The van der Waals surface area contributed by atoms with Crippen molar-refractivity contribution < 1.29 is 24.2 Å². The normalized spacial score (nSPS) is 10.8. The van der Waals surface area contributed by atoms with Gasteiger partial charge in [-0.2, -0.15) is 0 Å². The molecule has 0 saturated heterocycles. The zero-order valence-corrected chi connectivity index (χ0v) is 11.8. The summed E-state index contributed by atoms with van der Waals surface area (Å²) in [7, 11) is 1.43. The molecule has 0 atom stereocenters. The molecule has 108 valence electrons. The SMILES string of the molecule is COc1cc(C=CC(=O)OC(=O)CC(C)C)ccc1O. The van der Waals surface area contributed by atoms with Gasteiger partial charge in [0.1, 0.15) is 0 Å². The van der Waals surface area contributed by atoms with Gasteiger partial charge in [0, 0.05) is 12.5 Å². The molecule has 0 radical (unpaired) electrons. The Morgan fingerprint density at radius 1 is 1.35 bits per heavy atom. The molecule has 0 saturated carbocycles. The van der Waals surface area contributed by atoms with Gasteiger partial charge in [0.2, 0.25) is 0 Å². The minimum atomic E-state index is -0.720. The van der Waals surface area contributed by atoms with Crippen LogP contribution in [0.1, 0.15) is 25.8 Å². The number of phenols is 1. The van der Waals surface area contributed by atoms with Crippen molar-refractivity contribution in [1.82, 2.24) is 0 Å². The maximum Gasteiger partial charge on any atom is 0.338 e. The van der Waals surface area contributed by atoms with Gasteiger partial charge in [-0.3, -0.25) is 4.79 Å². The zero-order valence-electron chi connectivity index (χ0n) is 11.8. The van der Waals surface area contributed by atoms with Crippen LogP contribution in [0.5, 0.6) is 11.5 Å². The van der Waals surface area contributed by atoms with Gasteiger partial charge in [0.05, 0.1) is 7.11 Å². The first-order valence-corrected chi connectivity index (χ1v) is 6.22. The summed E-state index contributed by atoms with van der Waals surface area (Å²) in [5.74, 6) is -0.808. The van der Waals surface area contributed by atoms with E-state index in [-0.39, 0.29) is 18.1 Å². The van der Waals surface area contributed by atoms with E-state index in [1.165, 1.54) is 19.3 Å². The molecule has 0 fully saturated rings. The summed E-state index contributed by atoms with van der Waals surface area (Å²) in [6, 6.07) is 4.63. The first kappa shape index (κ1) is 15.8. The van der Waals surface area contributed by atoms with Crippen LogP contribution in [0.3, 0.4) is 0 Å². The molecule has 5 nitrogen and oxygen atoms in total. The fraction of sp³-hybridized carbons (Fsp3) is 0.333. The summed E-state index contributed by atoms with van der Waals surface area (Å²) < 4.78 is 9.56. The average Bonchev–Trinajstić information content (AvgIpc) is 2.36. The van der Waals surface area contributed by atoms with Crippen molar-refractivity contribution in [2.75, 3.05) is 7.11 Å². The van der Waals surface area contributed by atoms with Crippen LogP contribution in [0.4, 0.5) is 0 Å². The first-order valence-electron chi connectivity index (χ1n) is 6.22. The van der Waals surface area contributed by atoms with Gasteiger partial charge in [0.15, 0.2) is 11.5 Å². The Balaban J connectivity index is 2.63. The van der Waals surface area contributed by atoms with Crippen molar-refractivity contribution in [3.63, 3.8) is 0 Å². The summed E-state index contributed by atoms with van der Waals surface area (Å²) in [5, 5.41) is 9.43. The summed E-state index contributed by atoms with van der Waals surface area (Å²) >= 11 is 0. The number of hydrogen-bond donors (Lipinski definition) is 1. The van der Waals surface area contributed by atoms with Gasteiger partial charge in [-0.05, 0) is 29.7 Å². The van der Waals surface area contributed by atoms with Crippen LogP contribution >= 0.6 is 0 Å². The van der Waals surface area contributed by atoms with Gasteiger partial charge < -0.3 is 14.6 Å². The maximum absolute atomic E-state index is 11.4. The molecule has 0 spiro atoms. The summed E-state index contributed by atoms with van der Waals surface area (Å²) in [6.45, 7) is 3.73. The lowest BCUT2D eigenvalue weighted by atomic mass is 10.1. The third-order valence-electron chi connectivity index (χ3n) is 2.40. The molecule has 1 rings (SSSR count). The van der Waals surface area contributed by atoms with E-state index in [1.807, 2.05) is 13.8 Å². The second kappa shape index (κ2) is 7.33. The van der Waals surface area contributed by atoms with E-state index >= 15 is 0 Å². The quantitative estimate of drug-likeness (QED) is 0.509. The molecule has 0 aliphatic heterocycles. The Morgan fingerprint density at radius 2 is 2.05 bits per heavy atom. The number of aromatic hydroxyl groups is 1. The molecule has 0 heterocycles. The van der Waals surface area contributed by atoms with Crippen molar-refractivity contribution >= 4 is 18.0 Å². The molecular formula is C15H18O5. The topological polar surface area (TPSA) is 72.8 Å². The van der Waals surface area contributed by atoms with Crippen molar-refractivity contribution in [3.05, 3.63) is 29.8 Å². The molecule has 0 aliphatic carbocycles. The van der Waals surface area contributed by atoms with Gasteiger partial charge in [-0.1, -0.05) is 19.9 Å². The molecule has 20 heavy (non-hydrogen) atoms. The van der Waals surface area contributed by atoms with E-state index in [9.17, 15) is 14.7 Å². The minimum Gasteiger partial charge on any atom is -0.504 e. The summed E-state index contributed by atoms with van der Waals surface area (Å²) in [4.78, 5) is 22.7. The van der Waals surface area contributed by atoms with Crippen LogP contribution in [0.15, 0.2) is 24.3 Å². The minimum absolute atomic E-state index is 0.0133. The number of methoxy groups -OCH3 is 1. The molecule has 0 aliphatic rings.